The van der Waals surface area contributed by atoms with Crippen LogP contribution < -0.4 is 0 Å². The molecular formula is C13H8Cl3F. The largest absolute Gasteiger partial charge is 0.207 e. The Labute approximate surface area is 114 Å². The summed E-state index contributed by atoms with van der Waals surface area (Å²) in [7, 11) is 0. The van der Waals surface area contributed by atoms with Crippen molar-refractivity contribution in [3.05, 3.63) is 57.8 Å². The fourth-order valence-corrected chi connectivity index (χ4v) is 2.27. The molecule has 0 aliphatic rings. The molecule has 0 fully saturated rings. The van der Waals surface area contributed by atoms with Crippen LogP contribution in [-0.4, -0.2) is 0 Å². The van der Waals surface area contributed by atoms with Gasteiger partial charge >= 0.3 is 0 Å². The van der Waals surface area contributed by atoms with Crippen LogP contribution in [0.4, 0.5) is 4.39 Å². The topological polar surface area (TPSA) is 0 Å². The average Bonchev–Trinajstić information content (AvgIpc) is 2.33. The molecule has 0 aromatic heterocycles. The van der Waals surface area contributed by atoms with Gasteiger partial charge in [-0.1, -0.05) is 41.4 Å². The van der Waals surface area contributed by atoms with Gasteiger partial charge in [-0.2, -0.15) is 0 Å². The molecule has 0 saturated heterocycles. The molecule has 2 rings (SSSR count). The molecule has 0 nitrogen and oxygen atoms in total. The van der Waals surface area contributed by atoms with Crippen molar-refractivity contribution < 1.29 is 4.39 Å². The van der Waals surface area contributed by atoms with Crippen molar-refractivity contribution in [3.8, 4) is 11.1 Å². The Morgan fingerprint density at radius 2 is 1.76 bits per heavy atom. The molecule has 0 heterocycles. The zero-order valence-electron chi connectivity index (χ0n) is 8.68. The van der Waals surface area contributed by atoms with Crippen molar-refractivity contribution in [2.45, 2.75) is 5.88 Å². The third-order valence-corrected chi connectivity index (χ3v) is 3.56. The first-order valence-electron chi connectivity index (χ1n) is 4.92. The van der Waals surface area contributed by atoms with E-state index >= 15 is 0 Å². The van der Waals surface area contributed by atoms with Crippen molar-refractivity contribution in [3.63, 3.8) is 0 Å². The molecule has 0 N–H and O–H groups in total. The van der Waals surface area contributed by atoms with Gasteiger partial charge in [0.05, 0.1) is 10.0 Å². The van der Waals surface area contributed by atoms with Crippen LogP contribution in [0, 0.1) is 5.82 Å². The van der Waals surface area contributed by atoms with Gasteiger partial charge in [-0.3, -0.25) is 0 Å². The van der Waals surface area contributed by atoms with Crippen LogP contribution in [0.1, 0.15) is 5.56 Å². The second-order valence-electron chi connectivity index (χ2n) is 3.54. The SMILES string of the molecule is Fc1ccc(-c2cccc(Cl)c2Cl)c(CCl)c1. The van der Waals surface area contributed by atoms with Crippen LogP contribution in [0.2, 0.25) is 10.0 Å². The highest BCUT2D eigenvalue weighted by Gasteiger charge is 2.11. The Morgan fingerprint density at radius 3 is 2.47 bits per heavy atom. The van der Waals surface area contributed by atoms with Gasteiger partial charge < -0.3 is 0 Å². The minimum absolute atomic E-state index is 0.218. The Bertz CT molecular complexity index is 552. The molecule has 0 aliphatic carbocycles. The van der Waals surface area contributed by atoms with E-state index in [1.807, 2.05) is 6.07 Å². The number of rotatable bonds is 2. The number of hydrogen-bond acceptors (Lipinski definition) is 0. The predicted octanol–water partition coefficient (Wildman–Crippen LogP) is 5.54. The fraction of sp³-hybridized carbons (Fsp3) is 0.0769. The van der Waals surface area contributed by atoms with E-state index in [1.165, 1.54) is 12.1 Å². The van der Waals surface area contributed by atoms with Crippen molar-refractivity contribution in [1.29, 1.82) is 0 Å². The molecule has 2 aromatic rings. The standard InChI is InChI=1S/C13H8Cl3F/c14-7-8-6-9(17)4-5-10(8)11-2-1-3-12(15)13(11)16/h1-6H,7H2. The molecule has 0 saturated carbocycles. The van der Waals surface area contributed by atoms with Gasteiger partial charge in [0, 0.05) is 11.4 Å². The van der Waals surface area contributed by atoms with E-state index in [0.717, 1.165) is 11.1 Å². The molecule has 2 aromatic carbocycles. The van der Waals surface area contributed by atoms with E-state index < -0.39 is 0 Å². The van der Waals surface area contributed by atoms with E-state index in [1.54, 1.807) is 18.2 Å². The lowest BCUT2D eigenvalue weighted by Gasteiger charge is -2.10. The van der Waals surface area contributed by atoms with E-state index in [9.17, 15) is 4.39 Å². The molecule has 0 radical (unpaired) electrons. The third kappa shape index (κ3) is 2.57. The van der Waals surface area contributed by atoms with Gasteiger partial charge in [0.15, 0.2) is 0 Å². The van der Waals surface area contributed by atoms with Gasteiger partial charge in [-0.25, -0.2) is 4.39 Å². The quantitative estimate of drug-likeness (QED) is 0.637. The summed E-state index contributed by atoms with van der Waals surface area (Å²) in [5.41, 5.74) is 2.25. The summed E-state index contributed by atoms with van der Waals surface area (Å²) in [4.78, 5) is 0. The molecular weight excluding hydrogens is 281 g/mol. The average molecular weight is 290 g/mol. The Balaban J connectivity index is 2.64. The molecule has 0 atom stereocenters. The monoisotopic (exact) mass is 288 g/mol. The summed E-state index contributed by atoms with van der Waals surface area (Å²) >= 11 is 17.9. The van der Waals surface area contributed by atoms with Crippen LogP contribution in [0.15, 0.2) is 36.4 Å². The normalized spacial score (nSPS) is 10.6. The van der Waals surface area contributed by atoms with Crippen LogP contribution in [0.25, 0.3) is 11.1 Å². The smallest absolute Gasteiger partial charge is 0.123 e. The lowest BCUT2D eigenvalue weighted by molar-refractivity contribution is 0.626. The van der Waals surface area contributed by atoms with Crippen LogP contribution in [-0.2, 0) is 5.88 Å². The van der Waals surface area contributed by atoms with Crippen molar-refractivity contribution in [1.82, 2.24) is 0 Å². The summed E-state index contributed by atoms with van der Waals surface area (Å²) in [6.45, 7) is 0. The van der Waals surface area contributed by atoms with Crippen molar-refractivity contribution in [2.24, 2.45) is 0 Å². The van der Waals surface area contributed by atoms with E-state index in [2.05, 4.69) is 0 Å². The summed E-state index contributed by atoms with van der Waals surface area (Å²) in [6, 6.07) is 9.77. The van der Waals surface area contributed by atoms with Gasteiger partial charge in [0.25, 0.3) is 0 Å². The third-order valence-electron chi connectivity index (χ3n) is 2.45. The lowest BCUT2D eigenvalue weighted by atomic mass is 10.0. The summed E-state index contributed by atoms with van der Waals surface area (Å²) in [5.74, 6) is -0.0989. The van der Waals surface area contributed by atoms with E-state index in [0.29, 0.717) is 15.6 Å². The minimum atomic E-state index is -0.317. The Kier molecular flexibility index (Phi) is 3.93. The number of halogens is 4. The second-order valence-corrected chi connectivity index (χ2v) is 4.59. The number of benzene rings is 2. The maximum Gasteiger partial charge on any atom is 0.123 e. The fourth-order valence-electron chi connectivity index (χ4n) is 1.65. The van der Waals surface area contributed by atoms with Gasteiger partial charge in [-0.15, -0.1) is 11.6 Å². The molecule has 0 amide bonds. The highest BCUT2D eigenvalue weighted by Crippen LogP contribution is 2.35. The first-order chi connectivity index (χ1) is 8.13. The summed E-state index contributed by atoms with van der Waals surface area (Å²) < 4.78 is 13.1. The Morgan fingerprint density at radius 1 is 1.00 bits per heavy atom. The zero-order valence-corrected chi connectivity index (χ0v) is 11.0. The molecule has 17 heavy (non-hydrogen) atoms. The Hall–Kier alpha value is -0.760. The minimum Gasteiger partial charge on any atom is -0.207 e. The molecule has 0 aliphatic heterocycles. The lowest BCUT2D eigenvalue weighted by Crippen LogP contribution is -1.89. The first kappa shape index (κ1) is 12.7. The van der Waals surface area contributed by atoms with Gasteiger partial charge in [0.2, 0.25) is 0 Å². The van der Waals surface area contributed by atoms with Crippen LogP contribution in [0.5, 0.6) is 0 Å². The van der Waals surface area contributed by atoms with Gasteiger partial charge in [-0.05, 0) is 29.3 Å². The maximum absolute atomic E-state index is 13.1. The highest BCUT2D eigenvalue weighted by atomic mass is 35.5. The number of hydrogen-bond donors (Lipinski definition) is 0. The highest BCUT2D eigenvalue weighted by molar-refractivity contribution is 6.43. The molecule has 0 spiro atoms. The van der Waals surface area contributed by atoms with E-state index in [4.69, 9.17) is 34.8 Å². The maximum atomic E-state index is 13.1. The second kappa shape index (κ2) is 5.26. The van der Waals surface area contributed by atoms with Crippen molar-refractivity contribution >= 4 is 34.8 Å². The molecule has 4 heteroatoms. The number of alkyl halides is 1. The first-order valence-corrected chi connectivity index (χ1v) is 6.21. The van der Waals surface area contributed by atoms with Crippen LogP contribution in [0.3, 0.4) is 0 Å². The molecule has 88 valence electrons. The van der Waals surface area contributed by atoms with Crippen LogP contribution >= 0.6 is 34.8 Å². The summed E-state index contributed by atoms with van der Waals surface area (Å²) in [5, 5.41) is 0.918. The molecule has 0 bridgehead atoms. The summed E-state index contributed by atoms with van der Waals surface area (Å²) in [6.07, 6.45) is 0. The van der Waals surface area contributed by atoms with E-state index in [-0.39, 0.29) is 11.7 Å². The van der Waals surface area contributed by atoms with Crippen molar-refractivity contribution in [2.75, 3.05) is 0 Å². The predicted molar refractivity (Wildman–Crippen MR) is 71.4 cm³/mol. The molecule has 0 unspecified atom stereocenters. The van der Waals surface area contributed by atoms with Gasteiger partial charge in [0.1, 0.15) is 5.82 Å². The zero-order chi connectivity index (χ0) is 12.4.